The Hall–Kier alpha value is -1.19. The molecule has 0 saturated carbocycles. The second kappa shape index (κ2) is 5.52. The van der Waals surface area contributed by atoms with E-state index < -0.39 is 5.95 Å². The first kappa shape index (κ1) is 10.9. The van der Waals surface area contributed by atoms with Gasteiger partial charge in [-0.2, -0.15) is 4.39 Å². The first-order chi connectivity index (χ1) is 6.72. The molecular weight excluding hydrogens is 183 g/mol. The van der Waals surface area contributed by atoms with Crippen LogP contribution < -0.4 is 4.74 Å². The van der Waals surface area contributed by atoms with Crippen molar-refractivity contribution in [1.82, 2.24) is 9.97 Å². The first-order valence-electron chi connectivity index (χ1n) is 4.82. The average molecular weight is 198 g/mol. The van der Waals surface area contributed by atoms with Crippen LogP contribution in [-0.4, -0.2) is 16.6 Å². The summed E-state index contributed by atoms with van der Waals surface area (Å²) in [6.45, 7) is 4.80. The molecule has 0 radical (unpaired) electrons. The van der Waals surface area contributed by atoms with Gasteiger partial charge in [0.2, 0.25) is 11.8 Å². The summed E-state index contributed by atoms with van der Waals surface area (Å²) in [7, 11) is 0. The zero-order valence-electron chi connectivity index (χ0n) is 8.53. The van der Waals surface area contributed by atoms with Crippen LogP contribution in [0.4, 0.5) is 4.39 Å². The zero-order chi connectivity index (χ0) is 10.4. The summed E-state index contributed by atoms with van der Waals surface area (Å²) in [6, 6.07) is 1.19. The van der Waals surface area contributed by atoms with E-state index in [1.165, 1.54) is 6.07 Å². The molecule has 0 aliphatic rings. The molecule has 0 bridgehead atoms. The summed E-state index contributed by atoms with van der Waals surface area (Å²) >= 11 is 0. The van der Waals surface area contributed by atoms with Gasteiger partial charge < -0.3 is 4.74 Å². The maximum Gasteiger partial charge on any atom is 0.219 e. The van der Waals surface area contributed by atoms with Gasteiger partial charge in [-0.15, -0.1) is 0 Å². The molecule has 0 N–H and O–H groups in total. The van der Waals surface area contributed by atoms with Gasteiger partial charge in [0.15, 0.2) is 0 Å². The summed E-state index contributed by atoms with van der Waals surface area (Å²) in [5.74, 6) is 0.219. The Balaban J connectivity index is 2.37. The molecule has 0 fully saturated rings. The van der Waals surface area contributed by atoms with Crippen molar-refractivity contribution in [3.05, 3.63) is 18.3 Å². The molecule has 1 unspecified atom stereocenters. The molecule has 0 aliphatic heterocycles. The predicted octanol–water partition coefficient (Wildman–Crippen LogP) is 2.43. The monoisotopic (exact) mass is 198 g/mol. The summed E-state index contributed by atoms with van der Waals surface area (Å²) < 4.78 is 17.9. The fraction of sp³-hybridized carbons (Fsp3) is 0.600. The maximum atomic E-state index is 12.6. The molecule has 0 aliphatic carbocycles. The summed E-state index contributed by atoms with van der Waals surface area (Å²) in [5, 5.41) is 0. The second-order valence-corrected chi connectivity index (χ2v) is 3.38. The summed E-state index contributed by atoms with van der Waals surface area (Å²) in [5.41, 5.74) is 0. The van der Waals surface area contributed by atoms with Gasteiger partial charge in [0.25, 0.3) is 0 Å². The molecule has 0 spiro atoms. The number of nitrogens with zero attached hydrogens (tertiary/aromatic N) is 2. The van der Waals surface area contributed by atoms with Crippen LogP contribution in [0.3, 0.4) is 0 Å². The van der Waals surface area contributed by atoms with Crippen molar-refractivity contribution < 1.29 is 9.13 Å². The number of ether oxygens (including phenoxy) is 1. The van der Waals surface area contributed by atoms with Crippen molar-refractivity contribution in [2.75, 3.05) is 6.61 Å². The molecule has 0 amide bonds. The lowest BCUT2D eigenvalue weighted by atomic mass is 10.1. The SMILES string of the molecule is CCCC(C)COc1cc(F)ncn1. The standard InChI is InChI=1S/C10H15FN2O/c1-3-4-8(2)6-14-10-5-9(11)12-7-13-10/h5,7-8H,3-4,6H2,1-2H3. The lowest BCUT2D eigenvalue weighted by Crippen LogP contribution is -2.09. The van der Waals surface area contributed by atoms with Gasteiger partial charge in [0.1, 0.15) is 6.33 Å². The molecule has 1 aromatic heterocycles. The van der Waals surface area contributed by atoms with E-state index in [2.05, 4.69) is 23.8 Å². The van der Waals surface area contributed by atoms with Gasteiger partial charge in [-0.25, -0.2) is 9.97 Å². The molecule has 14 heavy (non-hydrogen) atoms. The first-order valence-corrected chi connectivity index (χ1v) is 4.82. The molecule has 1 atom stereocenters. The topological polar surface area (TPSA) is 35.0 Å². The fourth-order valence-electron chi connectivity index (χ4n) is 1.20. The Bertz CT molecular complexity index is 281. The van der Waals surface area contributed by atoms with Crippen molar-refractivity contribution in [2.24, 2.45) is 5.92 Å². The third kappa shape index (κ3) is 3.68. The van der Waals surface area contributed by atoms with E-state index in [0.29, 0.717) is 18.4 Å². The van der Waals surface area contributed by atoms with E-state index in [0.717, 1.165) is 19.2 Å². The van der Waals surface area contributed by atoms with Gasteiger partial charge in [-0.3, -0.25) is 0 Å². The number of halogens is 1. The highest BCUT2D eigenvalue weighted by molar-refractivity contribution is 5.05. The van der Waals surface area contributed by atoms with Crippen LogP contribution in [0.5, 0.6) is 5.88 Å². The lowest BCUT2D eigenvalue weighted by Gasteiger charge is -2.10. The van der Waals surface area contributed by atoms with Gasteiger partial charge in [-0.1, -0.05) is 20.3 Å². The minimum Gasteiger partial charge on any atom is -0.477 e. The Morgan fingerprint density at radius 1 is 1.50 bits per heavy atom. The maximum absolute atomic E-state index is 12.6. The highest BCUT2D eigenvalue weighted by atomic mass is 19.1. The third-order valence-electron chi connectivity index (χ3n) is 1.91. The molecule has 78 valence electrons. The molecule has 1 aromatic rings. The van der Waals surface area contributed by atoms with Crippen molar-refractivity contribution in [3.8, 4) is 5.88 Å². The van der Waals surface area contributed by atoms with Crippen LogP contribution in [0.1, 0.15) is 26.7 Å². The highest BCUT2D eigenvalue weighted by Crippen LogP contribution is 2.10. The van der Waals surface area contributed by atoms with Crippen LogP contribution >= 0.6 is 0 Å². The smallest absolute Gasteiger partial charge is 0.219 e. The Morgan fingerprint density at radius 2 is 2.29 bits per heavy atom. The zero-order valence-corrected chi connectivity index (χ0v) is 8.53. The minimum absolute atomic E-state index is 0.306. The van der Waals surface area contributed by atoms with Gasteiger partial charge in [0.05, 0.1) is 12.7 Å². The Morgan fingerprint density at radius 3 is 2.93 bits per heavy atom. The van der Waals surface area contributed by atoms with Gasteiger partial charge >= 0.3 is 0 Å². The molecule has 1 heterocycles. The van der Waals surface area contributed by atoms with Crippen molar-refractivity contribution in [2.45, 2.75) is 26.7 Å². The van der Waals surface area contributed by atoms with E-state index in [1.54, 1.807) is 0 Å². The molecule has 4 heteroatoms. The van der Waals surface area contributed by atoms with Crippen LogP contribution in [0, 0.1) is 11.9 Å². The summed E-state index contributed by atoms with van der Waals surface area (Å²) in [6.07, 6.45) is 3.39. The minimum atomic E-state index is -0.557. The molecule has 3 nitrogen and oxygen atoms in total. The van der Waals surface area contributed by atoms with E-state index in [4.69, 9.17) is 4.74 Å². The second-order valence-electron chi connectivity index (χ2n) is 3.38. The fourth-order valence-corrected chi connectivity index (χ4v) is 1.20. The predicted molar refractivity (Wildman–Crippen MR) is 51.6 cm³/mol. The molecule has 0 saturated heterocycles. The molecule has 1 rings (SSSR count). The lowest BCUT2D eigenvalue weighted by molar-refractivity contribution is 0.241. The Kier molecular flexibility index (Phi) is 4.29. The molecular formula is C10H15FN2O. The number of hydrogen-bond acceptors (Lipinski definition) is 3. The highest BCUT2D eigenvalue weighted by Gasteiger charge is 2.03. The number of aromatic nitrogens is 2. The van der Waals surface area contributed by atoms with Crippen molar-refractivity contribution >= 4 is 0 Å². The van der Waals surface area contributed by atoms with Gasteiger partial charge in [-0.05, 0) is 12.3 Å². The van der Waals surface area contributed by atoms with E-state index in [-0.39, 0.29) is 0 Å². The Labute approximate surface area is 83.3 Å². The van der Waals surface area contributed by atoms with Crippen LogP contribution in [-0.2, 0) is 0 Å². The molecule has 0 aromatic carbocycles. The van der Waals surface area contributed by atoms with Crippen LogP contribution in [0.25, 0.3) is 0 Å². The third-order valence-corrected chi connectivity index (χ3v) is 1.91. The van der Waals surface area contributed by atoms with Gasteiger partial charge in [0, 0.05) is 0 Å². The average Bonchev–Trinajstić information content (AvgIpc) is 2.15. The van der Waals surface area contributed by atoms with Crippen LogP contribution in [0.15, 0.2) is 12.4 Å². The summed E-state index contributed by atoms with van der Waals surface area (Å²) in [4.78, 5) is 7.14. The van der Waals surface area contributed by atoms with E-state index in [9.17, 15) is 4.39 Å². The number of rotatable bonds is 5. The van der Waals surface area contributed by atoms with Crippen molar-refractivity contribution in [1.29, 1.82) is 0 Å². The normalized spacial score (nSPS) is 12.5. The van der Waals surface area contributed by atoms with E-state index in [1.807, 2.05) is 0 Å². The van der Waals surface area contributed by atoms with Crippen molar-refractivity contribution in [3.63, 3.8) is 0 Å². The largest absolute Gasteiger partial charge is 0.477 e. The quantitative estimate of drug-likeness (QED) is 0.681. The number of hydrogen-bond donors (Lipinski definition) is 0. The van der Waals surface area contributed by atoms with Crippen LogP contribution in [0.2, 0.25) is 0 Å². The van der Waals surface area contributed by atoms with E-state index >= 15 is 0 Å².